The van der Waals surface area contributed by atoms with Gasteiger partial charge in [0.2, 0.25) is 0 Å². The van der Waals surface area contributed by atoms with Gasteiger partial charge in [-0.05, 0) is 165 Å². The number of aromatic hydroxyl groups is 2. The largest absolute Gasteiger partial charge is 0.507 e. The molecule has 428 valence electrons. The molecule has 0 unspecified atom stereocenters. The number of hydrogen-bond acceptors (Lipinski definition) is 3. The molecule has 0 aromatic heterocycles. The fourth-order valence-corrected chi connectivity index (χ4v) is 14.1. The summed E-state index contributed by atoms with van der Waals surface area (Å²) < 4.78 is 0. The van der Waals surface area contributed by atoms with Crippen LogP contribution in [0.15, 0.2) is 58.3 Å². The van der Waals surface area contributed by atoms with Crippen LogP contribution in [0.2, 0.25) is 0 Å². The minimum Gasteiger partial charge on any atom is -0.507 e. The zero-order valence-corrected chi connectivity index (χ0v) is 56.7. The van der Waals surface area contributed by atoms with Crippen LogP contribution in [0.5, 0.6) is 11.5 Å². The second-order valence-corrected chi connectivity index (χ2v) is 33.4. The molecule has 0 saturated heterocycles. The van der Waals surface area contributed by atoms with Crippen molar-refractivity contribution in [2.24, 2.45) is 0 Å². The fourth-order valence-electron chi connectivity index (χ4n) is 12.4. The van der Waals surface area contributed by atoms with Gasteiger partial charge in [0.25, 0.3) is 0 Å². The quantitative estimate of drug-likeness (QED) is 0.175. The summed E-state index contributed by atoms with van der Waals surface area (Å²) in [6, 6.07) is 19.4. The summed E-state index contributed by atoms with van der Waals surface area (Å²) >= 11 is 1.90. The van der Waals surface area contributed by atoms with Crippen LogP contribution in [-0.2, 0) is 43.3 Å². The Bertz CT molecular complexity index is 2800. The van der Waals surface area contributed by atoms with Gasteiger partial charge in [-0.15, -0.1) is 0 Å². The third-order valence-corrected chi connectivity index (χ3v) is 17.9. The zero-order valence-electron chi connectivity index (χ0n) is 55.9. The molecule has 0 amide bonds. The van der Waals surface area contributed by atoms with E-state index in [0.717, 1.165) is 54.3 Å². The van der Waals surface area contributed by atoms with Crippen LogP contribution in [0, 0.1) is 55.4 Å². The molecule has 79 heavy (non-hydrogen) atoms. The summed E-state index contributed by atoms with van der Waals surface area (Å²) in [5.41, 5.74) is 25.4. The number of hydrogen-bond donors (Lipinski definition) is 2. The molecule has 0 spiro atoms. The predicted molar refractivity (Wildman–Crippen MR) is 350 cm³/mol. The third-order valence-electron chi connectivity index (χ3n) is 16.6. The average Bonchev–Trinajstić information content (AvgIpc) is 3.25. The lowest BCUT2D eigenvalue weighted by Gasteiger charge is -2.37. The van der Waals surface area contributed by atoms with Gasteiger partial charge in [-0.2, -0.15) is 0 Å². The Morgan fingerprint density at radius 3 is 0.468 bits per heavy atom. The highest BCUT2D eigenvalue weighted by atomic mass is 32.2. The smallest absolute Gasteiger partial charge is 0.122 e. The van der Waals surface area contributed by atoms with Crippen LogP contribution in [0.3, 0.4) is 0 Å². The first kappa shape index (κ1) is 63.5. The lowest BCUT2D eigenvalue weighted by molar-refractivity contribution is 0.466. The molecule has 6 aromatic rings. The Balaban J connectivity index is 2.21. The van der Waals surface area contributed by atoms with Gasteiger partial charge >= 0.3 is 0 Å². The molecule has 2 N–H and O–H groups in total. The van der Waals surface area contributed by atoms with E-state index in [-0.39, 0.29) is 43.3 Å². The second-order valence-electron chi connectivity index (χ2n) is 32.4. The normalized spacial score (nSPS) is 13.5. The molecule has 0 aliphatic rings. The second kappa shape index (κ2) is 20.6. The summed E-state index contributed by atoms with van der Waals surface area (Å²) in [6.07, 6.45) is 0. The minimum absolute atomic E-state index is 0.272. The predicted octanol–water partition coefficient (Wildman–Crippen LogP) is 22.8. The van der Waals surface area contributed by atoms with Gasteiger partial charge in [-0.25, -0.2) is 0 Å². The number of aryl methyl sites for hydroxylation is 4. The Kier molecular flexibility index (Phi) is 16.6. The van der Waals surface area contributed by atoms with Gasteiger partial charge in [0.05, 0.1) is 0 Å². The summed E-state index contributed by atoms with van der Waals surface area (Å²) in [6.45, 7) is 74.2. The van der Waals surface area contributed by atoms with E-state index in [4.69, 9.17) is 0 Å². The highest BCUT2D eigenvalue weighted by molar-refractivity contribution is 8.00. The molecule has 6 aromatic carbocycles. The van der Waals surface area contributed by atoms with Crippen molar-refractivity contribution in [2.75, 3.05) is 0 Å². The van der Waals surface area contributed by atoms with Crippen LogP contribution in [-0.4, -0.2) is 10.2 Å². The maximum atomic E-state index is 13.4. The molecule has 0 atom stereocenters. The molecule has 2 nitrogen and oxygen atoms in total. The topological polar surface area (TPSA) is 40.5 Å². The molecular weight excluding hydrogens is 977 g/mol. The average molecular weight is 1080 g/mol. The number of benzene rings is 6. The Labute approximate surface area is 487 Å². The third kappa shape index (κ3) is 12.1. The first-order chi connectivity index (χ1) is 35.4. The van der Waals surface area contributed by atoms with E-state index in [9.17, 15) is 10.2 Å². The van der Waals surface area contributed by atoms with Crippen molar-refractivity contribution in [3.05, 3.63) is 138 Å². The van der Waals surface area contributed by atoms with Crippen molar-refractivity contribution in [2.45, 2.75) is 275 Å². The van der Waals surface area contributed by atoms with Gasteiger partial charge in [0.15, 0.2) is 0 Å². The number of rotatable bonds is 6. The lowest BCUT2D eigenvalue weighted by atomic mass is 9.70. The van der Waals surface area contributed by atoms with Gasteiger partial charge in [0.1, 0.15) is 11.5 Å². The zero-order chi connectivity index (χ0) is 60.5. The lowest BCUT2D eigenvalue weighted by Crippen LogP contribution is -2.22. The maximum Gasteiger partial charge on any atom is 0.122 e. The van der Waals surface area contributed by atoms with Gasteiger partial charge in [-0.3, -0.25) is 0 Å². The molecule has 0 fully saturated rings. The number of phenolic OH excluding ortho intramolecular Hbond substituents is 2. The first-order valence-electron chi connectivity index (χ1n) is 29.5. The molecule has 0 bridgehead atoms. The van der Waals surface area contributed by atoms with Crippen LogP contribution in [0.1, 0.15) is 255 Å². The number of phenols is 2. The Morgan fingerprint density at radius 1 is 0.228 bits per heavy atom. The molecule has 0 aliphatic heterocycles. The van der Waals surface area contributed by atoms with Crippen molar-refractivity contribution in [3.63, 3.8) is 0 Å². The highest BCUT2D eigenvalue weighted by Gasteiger charge is 2.40. The van der Waals surface area contributed by atoms with E-state index >= 15 is 0 Å². The molecule has 0 saturated carbocycles. The molecule has 0 radical (unpaired) electrons. The molecule has 6 rings (SSSR count). The van der Waals surface area contributed by atoms with E-state index in [0.29, 0.717) is 11.5 Å². The standard InChI is InChI=1S/C76H106O2S/c1-41-33-49(69(9,10)11)61(50(34-41)70(12,13)14)57-45(5)65(77)46(6)58(62-51(71(15,16)17)35-42(2)36-52(62)72(18,19)20)67(57)79-68-59(63-53(73(21,22)23)37-43(3)38-54(63)74(24,25)26)47(7)66(78)48(8)60(68)64-55(75(27,28)29)39-44(4)40-56(64)76(30,31)32/h33-40,77-78H,1-32H3. The summed E-state index contributed by atoms with van der Waals surface area (Å²) in [4.78, 5) is 2.26. The van der Waals surface area contributed by atoms with Crippen LogP contribution in [0.25, 0.3) is 44.5 Å². The van der Waals surface area contributed by atoms with Crippen molar-refractivity contribution in [1.82, 2.24) is 0 Å². The van der Waals surface area contributed by atoms with Crippen LogP contribution >= 0.6 is 11.8 Å². The van der Waals surface area contributed by atoms with Gasteiger partial charge < -0.3 is 10.2 Å². The summed E-state index contributed by atoms with van der Waals surface area (Å²) in [5, 5.41) is 26.7. The van der Waals surface area contributed by atoms with E-state index in [1.165, 1.54) is 89.0 Å². The van der Waals surface area contributed by atoms with Crippen LogP contribution in [0.4, 0.5) is 0 Å². The van der Waals surface area contributed by atoms with Crippen molar-refractivity contribution in [3.8, 4) is 56.0 Å². The summed E-state index contributed by atoms with van der Waals surface area (Å²) in [7, 11) is 0. The molecule has 0 aliphatic carbocycles. The highest BCUT2D eigenvalue weighted by Crippen LogP contribution is 2.61. The van der Waals surface area contributed by atoms with Crippen molar-refractivity contribution < 1.29 is 10.2 Å². The van der Waals surface area contributed by atoms with Gasteiger partial charge in [0, 0.05) is 54.3 Å². The van der Waals surface area contributed by atoms with E-state index in [1.807, 2.05) is 11.8 Å². The first-order valence-corrected chi connectivity index (χ1v) is 30.3. The van der Waals surface area contributed by atoms with Crippen molar-refractivity contribution in [1.29, 1.82) is 0 Å². The van der Waals surface area contributed by atoms with Gasteiger partial charge in [-0.1, -0.05) is 249 Å². The van der Waals surface area contributed by atoms with Crippen molar-refractivity contribution >= 4 is 11.8 Å². The molecule has 3 heteroatoms. The van der Waals surface area contributed by atoms with E-state index in [1.54, 1.807) is 0 Å². The maximum absolute atomic E-state index is 13.4. The Morgan fingerprint density at radius 2 is 0.354 bits per heavy atom. The summed E-state index contributed by atoms with van der Waals surface area (Å²) in [5.74, 6) is 0.668. The SMILES string of the molecule is Cc1cc(C(C)(C)C)c(-c2c(C)c(O)c(C)c(-c3c(C(C)(C)C)cc(C)cc3C(C)(C)C)c2Sc2c(-c3c(C(C)(C)C)cc(C)cc3C(C)(C)C)c(C)c(O)c(C)c2-c2c(C(C)(C)C)cc(C)cc2C(C)(C)C)c(C(C)(C)C)c1. The van der Waals surface area contributed by atoms with E-state index < -0.39 is 0 Å². The fraction of sp³-hybridized carbons (Fsp3) is 0.526. The van der Waals surface area contributed by atoms with E-state index in [2.05, 4.69) is 270 Å². The minimum atomic E-state index is -0.272. The molecular formula is C76H106O2S. The van der Waals surface area contributed by atoms with Crippen LogP contribution < -0.4 is 0 Å². The monoisotopic (exact) mass is 1080 g/mol. The molecule has 0 heterocycles. The Hall–Kier alpha value is -4.73.